The summed E-state index contributed by atoms with van der Waals surface area (Å²) < 4.78 is 2.07. The van der Waals surface area contributed by atoms with E-state index >= 15 is 0 Å². The number of para-hydroxylation sites is 1. The second kappa shape index (κ2) is 8.67. The van der Waals surface area contributed by atoms with Crippen LogP contribution in [0.4, 0.5) is 5.69 Å². The number of hydrogen-bond donors (Lipinski definition) is 1. The molecule has 0 saturated heterocycles. The Morgan fingerprint density at radius 1 is 1.08 bits per heavy atom. The summed E-state index contributed by atoms with van der Waals surface area (Å²) >= 11 is 1.43. The second-order valence-corrected chi connectivity index (χ2v) is 7.23. The average Bonchev–Trinajstić information content (AvgIpc) is 3.04. The molecule has 0 aliphatic carbocycles. The molecule has 0 radical (unpaired) electrons. The minimum absolute atomic E-state index is 0.0449. The van der Waals surface area contributed by atoms with Gasteiger partial charge in [-0.05, 0) is 31.5 Å². The quantitative estimate of drug-likeness (QED) is 0.642. The monoisotopic (exact) mass is 366 g/mol. The van der Waals surface area contributed by atoms with Gasteiger partial charge in [0.05, 0.1) is 5.25 Å². The standard InChI is InChI=1S/C20H22N4OS/c1-3-24-18(14-16-10-6-4-7-11-16)22-23-20(24)26-15(2)19(25)21-17-12-8-5-9-13-17/h4-13,15H,3,14H2,1-2H3,(H,21,25)/t15-/m1/s1. The topological polar surface area (TPSA) is 59.8 Å². The smallest absolute Gasteiger partial charge is 0.237 e. The molecule has 0 fully saturated rings. The molecule has 1 amide bonds. The molecule has 0 unspecified atom stereocenters. The van der Waals surface area contributed by atoms with Crippen molar-refractivity contribution in [3.05, 3.63) is 72.1 Å². The first kappa shape index (κ1) is 18.2. The van der Waals surface area contributed by atoms with Gasteiger partial charge in [-0.1, -0.05) is 60.3 Å². The van der Waals surface area contributed by atoms with Crippen molar-refractivity contribution in [1.29, 1.82) is 0 Å². The van der Waals surface area contributed by atoms with Crippen LogP contribution in [-0.4, -0.2) is 25.9 Å². The molecule has 0 spiro atoms. The van der Waals surface area contributed by atoms with Crippen LogP contribution in [0.25, 0.3) is 0 Å². The average molecular weight is 366 g/mol. The van der Waals surface area contributed by atoms with Crippen LogP contribution < -0.4 is 5.32 Å². The highest BCUT2D eigenvalue weighted by molar-refractivity contribution is 8.00. The molecule has 0 saturated carbocycles. The number of hydrogen-bond acceptors (Lipinski definition) is 4. The van der Waals surface area contributed by atoms with Crippen molar-refractivity contribution in [3.8, 4) is 0 Å². The fourth-order valence-corrected chi connectivity index (χ4v) is 3.54. The molecule has 0 aliphatic heterocycles. The van der Waals surface area contributed by atoms with Gasteiger partial charge in [0.1, 0.15) is 5.82 Å². The van der Waals surface area contributed by atoms with Gasteiger partial charge in [-0.3, -0.25) is 4.79 Å². The zero-order valence-electron chi connectivity index (χ0n) is 14.9. The molecule has 6 heteroatoms. The highest BCUT2D eigenvalue weighted by Gasteiger charge is 2.19. The molecule has 0 aliphatic rings. The maximum atomic E-state index is 12.4. The second-order valence-electron chi connectivity index (χ2n) is 5.92. The van der Waals surface area contributed by atoms with Gasteiger partial charge in [0.15, 0.2) is 5.16 Å². The Hall–Kier alpha value is -2.60. The summed E-state index contributed by atoms with van der Waals surface area (Å²) in [5.74, 6) is 0.869. The van der Waals surface area contributed by atoms with E-state index in [1.165, 1.54) is 17.3 Å². The molecule has 1 N–H and O–H groups in total. The van der Waals surface area contributed by atoms with E-state index in [2.05, 4.69) is 39.1 Å². The number of thioether (sulfide) groups is 1. The maximum absolute atomic E-state index is 12.4. The predicted octanol–water partition coefficient (Wildman–Crippen LogP) is 4.01. The Morgan fingerprint density at radius 2 is 1.73 bits per heavy atom. The zero-order chi connectivity index (χ0) is 18.4. The fourth-order valence-electron chi connectivity index (χ4n) is 2.61. The van der Waals surface area contributed by atoms with E-state index in [4.69, 9.17) is 0 Å². The van der Waals surface area contributed by atoms with Crippen molar-refractivity contribution in [3.63, 3.8) is 0 Å². The lowest BCUT2D eigenvalue weighted by Crippen LogP contribution is -2.23. The summed E-state index contributed by atoms with van der Waals surface area (Å²) in [6.07, 6.45) is 0.729. The largest absolute Gasteiger partial charge is 0.325 e. The van der Waals surface area contributed by atoms with Gasteiger partial charge >= 0.3 is 0 Å². The lowest BCUT2D eigenvalue weighted by molar-refractivity contribution is -0.115. The summed E-state index contributed by atoms with van der Waals surface area (Å²) in [5, 5.41) is 12.1. The van der Waals surface area contributed by atoms with E-state index in [0.29, 0.717) is 0 Å². The highest BCUT2D eigenvalue weighted by Crippen LogP contribution is 2.24. The molecule has 5 nitrogen and oxygen atoms in total. The first-order valence-corrected chi connectivity index (χ1v) is 9.54. The number of carbonyl (C=O) groups excluding carboxylic acids is 1. The predicted molar refractivity (Wildman–Crippen MR) is 105 cm³/mol. The van der Waals surface area contributed by atoms with Gasteiger partial charge in [0.25, 0.3) is 0 Å². The molecular weight excluding hydrogens is 344 g/mol. The van der Waals surface area contributed by atoms with Crippen LogP contribution in [0, 0.1) is 0 Å². The number of nitrogens with one attached hydrogen (secondary N) is 1. The third-order valence-corrected chi connectivity index (χ3v) is 5.09. The third-order valence-electron chi connectivity index (χ3n) is 4.01. The van der Waals surface area contributed by atoms with E-state index in [1.54, 1.807) is 0 Å². The number of carbonyl (C=O) groups is 1. The van der Waals surface area contributed by atoms with Crippen LogP contribution in [0.15, 0.2) is 65.8 Å². The number of aromatic nitrogens is 3. The minimum Gasteiger partial charge on any atom is -0.325 e. The van der Waals surface area contributed by atoms with Gasteiger partial charge < -0.3 is 9.88 Å². The first-order chi connectivity index (χ1) is 12.7. The lowest BCUT2D eigenvalue weighted by Gasteiger charge is -2.12. The highest BCUT2D eigenvalue weighted by atomic mass is 32.2. The number of rotatable bonds is 7. The summed E-state index contributed by atoms with van der Waals surface area (Å²) in [6, 6.07) is 19.7. The van der Waals surface area contributed by atoms with Crippen molar-refractivity contribution in [1.82, 2.24) is 14.8 Å². The number of anilines is 1. The van der Waals surface area contributed by atoms with Crippen LogP contribution in [0.5, 0.6) is 0 Å². The third kappa shape index (κ3) is 4.52. The molecule has 3 rings (SSSR count). The van der Waals surface area contributed by atoms with Crippen molar-refractivity contribution in [2.24, 2.45) is 0 Å². The van der Waals surface area contributed by atoms with E-state index in [1.807, 2.05) is 55.5 Å². The van der Waals surface area contributed by atoms with Gasteiger partial charge in [-0.2, -0.15) is 0 Å². The van der Waals surface area contributed by atoms with Gasteiger partial charge in [0.2, 0.25) is 5.91 Å². The van der Waals surface area contributed by atoms with Crippen LogP contribution >= 0.6 is 11.8 Å². The van der Waals surface area contributed by atoms with Gasteiger partial charge in [-0.25, -0.2) is 0 Å². The van der Waals surface area contributed by atoms with E-state index in [0.717, 1.165) is 29.6 Å². The molecule has 26 heavy (non-hydrogen) atoms. The van der Waals surface area contributed by atoms with E-state index in [-0.39, 0.29) is 11.2 Å². The SMILES string of the molecule is CCn1c(Cc2ccccc2)nnc1S[C@H](C)C(=O)Nc1ccccc1. The van der Waals surface area contributed by atoms with Crippen molar-refractivity contribution >= 4 is 23.4 Å². The first-order valence-electron chi connectivity index (χ1n) is 8.66. The molecule has 1 heterocycles. The summed E-state index contributed by atoms with van der Waals surface area (Å²) in [5.41, 5.74) is 1.99. The lowest BCUT2D eigenvalue weighted by atomic mass is 10.1. The Kier molecular flexibility index (Phi) is 6.07. The molecule has 0 bridgehead atoms. The van der Waals surface area contributed by atoms with E-state index in [9.17, 15) is 4.79 Å². The molecule has 134 valence electrons. The molecule has 1 aromatic heterocycles. The summed E-state index contributed by atoms with van der Waals surface area (Å²) in [7, 11) is 0. The van der Waals surface area contributed by atoms with E-state index < -0.39 is 0 Å². The molecular formula is C20H22N4OS. The zero-order valence-corrected chi connectivity index (χ0v) is 15.7. The Bertz CT molecular complexity index is 849. The Labute approximate surface area is 157 Å². The van der Waals surface area contributed by atoms with Gasteiger partial charge in [-0.15, -0.1) is 10.2 Å². The van der Waals surface area contributed by atoms with Crippen LogP contribution in [0.2, 0.25) is 0 Å². The molecule has 2 aromatic carbocycles. The summed E-state index contributed by atoms with van der Waals surface area (Å²) in [6.45, 7) is 4.72. The van der Waals surface area contributed by atoms with Crippen molar-refractivity contribution in [2.45, 2.75) is 37.2 Å². The van der Waals surface area contributed by atoms with Crippen molar-refractivity contribution < 1.29 is 4.79 Å². The number of benzene rings is 2. The minimum atomic E-state index is -0.269. The van der Waals surface area contributed by atoms with Crippen LogP contribution in [-0.2, 0) is 17.8 Å². The number of nitrogens with zero attached hydrogens (tertiary/aromatic N) is 3. The van der Waals surface area contributed by atoms with Crippen LogP contribution in [0.1, 0.15) is 25.2 Å². The fraction of sp³-hybridized carbons (Fsp3) is 0.250. The molecule has 3 aromatic rings. The normalized spacial score (nSPS) is 11.9. The molecule has 1 atom stereocenters. The Balaban J connectivity index is 1.68. The van der Waals surface area contributed by atoms with Crippen LogP contribution in [0.3, 0.4) is 0 Å². The maximum Gasteiger partial charge on any atom is 0.237 e. The Morgan fingerprint density at radius 3 is 2.38 bits per heavy atom. The van der Waals surface area contributed by atoms with Gasteiger partial charge in [0, 0.05) is 18.7 Å². The number of amides is 1. The summed E-state index contributed by atoms with van der Waals surface area (Å²) in [4.78, 5) is 12.4. The van der Waals surface area contributed by atoms with Crippen molar-refractivity contribution in [2.75, 3.05) is 5.32 Å².